The van der Waals surface area contributed by atoms with Gasteiger partial charge in [0.25, 0.3) is 12.3 Å². The molecule has 1 fully saturated rings. The zero-order chi connectivity index (χ0) is 30.3. The maximum atomic E-state index is 15.4. The number of carboxylic acid groups (broad SMARTS) is 1. The number of carbonyl (C=O) groups is 2. The normalized spacial score (nSPS) is 19.2. The SMILES string of the molecule is CC(C)(C)C[C@]1(c2ccc(Br)cc2F)N/C(=N\C(=O)O)N([C@H](CO)c2ccc(Cl)c(-n3ncnc3C(F)F)c2)C1=O. The van der Waals surface area contributed by atoms with Gasteiger partial charge in [-0.05, 0) is 41.7 Å². The number of halogens is 5. The molecule has 2 aromatic carbocycles. The van der Waals surface area contributed by atoms with Gasteiger partial charge in [0.1, 0.15) is 17.7 Å². The first-order chi connectivity index (χ1) is 19.2. The van der Waals surface area contributed by atoms with Gasteiger partial charge in [-0.2, -0.15) is 5.10 Å². The van der Waals surface area contributed by atoms with Crippen LogP contribution in [0.1, 0.15) is 56.6 Å². The molecule has 0 radical (unpaired) electrons. The molecule has 1 aromatic heterocycles. The number of guanidine groups is 1. The van der Waals surface area contributed by atoms with Crippen LogP contribution in [0, 0.1) is 11.2 Å². The van der Waals surface area contributed by atoms with Crippen molar-refractivity contribution >= 4 is 45.5 Å². The number of hydrogen-bond donors (Lipinski definition) is 3. The van der Waals surface area contributed by atoms with Crippen molar-refractivity contribution in [2.45, 2.75) is 45.2 Å². The molecule has 4 rings (SSSR count). The number of aliphatic imine (C=N–C) groups is 1. The molecule has 3 N–H and O–H groups in total. The number of nitrogens with zero attached hydrogens (tertiary/aromatic N) is 5. The van der Waals surface area contributed by atoms with Crippen LogP contribution in [-0.2, 0) is 10.3 Å². The minimum absolute atomic E-state index is 0.00719. The fraction of sp³-hybridized carbons (Fsp3) is 0.346. The molecule has 0 unspecified atom stereocenters. The summed E-state index contributed by atoms with van der Waals surface area (Å²) in [5.41, 5.74) is -2.30. The number of aliphatic hydroxyl groups excluding tert-OH is 1. The van der Waals surface area contributed by atoms with Gasteiger partial charge in [-0.25, -0.2) is 27.6 Å². The molecule has 2 heterocycles. The first-order valence-corrected chi connectivity index (χ1v) is 13.3. The second kappa shape index (κ2) is 11.4. The van der Waals surface area contributed by atoms with E-state index in [2.05, 4.69) is 36.3 Å². The third-order valence-corrected chi connectivity index (χ3v) is 7.18. The number of aromatic nitrogens is 3. The smallest absolute Gasteiger partial charge is 0.434 e. The van der Waals surface area contributed by atoms with Crippen LogP contribution in [0.3, 0.4) is 0 Å². The lowest BCUT2D eigenvalue weighted by Crippen LogP contribution is -2.47. The van der Waals surface area contributed by atoms with Gasteiger partial charge in [-0.15, -0.1) is 4.99 Å². The van der Waals surface area contributed by atoms with Crippen molar-refractivity contribution in [1.82, 2.24) is 25.0 Å². The highest BCUT2D eigenvalue weighted by Gasteiger charge is 2.56. The van der Waals surface area contributed by atoms with Gasteiger partial charge in [0.15, 0.2) is 5.82 Å². The summed E-state index contributed by atoms with van der Waals surface area (Å²) in [6.45, 7) is 4.72. The molecule has 0 aliphatic carbocycles. The summed E-state index contributed by atoms with van der Waals surface area (Å²) in [4.78, 5) is 34.2. The number of carbonyl (C=O) groups excluding carboxylic acids is 1. The van der Waals surface area contributed by atoms with Gasteiger partial charge < -0.3 is 15.5 Å². The maximum absolute atomic E-state index is 15.4. The molecule has 218 valence electrons. The van der Waals surface area contributed by atoms with Crippen LogP contribution in [0.15, 0.2) is 52.2 Å². The number of benzene rings is 2. The molecule has 0 spiro atoms. The van der Waals surface area contributed by atoms with Gasteiger partial charge in [0, 0.05) is 10.0 Å². The van der Waals surface area contributed by atoms with Crippen LogP contribution < -0.4 is 5.32 Å². The summed E-state index contributed by atoms with van der Waals surface area (Å²) in [7, 11) is 0. The minimum Gasteiger partial charge on any atom is -0.463 e. The lowest BCUT2D eigenvalue weighted by atomic mass is 9.75. The Balaban J connectivity index is 1.91. The monoisotopic (exact) mass is 656 g/mol. The van der Waals surface area contributed by atoms with Crippen molar-refractivity contribution in [3.63, 3.8) is 0 Å². The first-order valence-electron chi connectivity index (χ1n) is 12.2. The summed E-state index contributed by atoms with van der Waals surface area (Å²) >= 11 is 9.49. The molecule has 1 aliphatic heterocycles. The Labute approximate surface area is 246 Å². The summed E-state index contributed by atoms with van der Waals surface area (Å²) < 4.78 is 43.8. The van der Waals surface area contributed by atoms with Crippen molar-refractivity contribution in [3.05, 3.63) is 75.0 Å². The van der Waals surface area contributed by atoms with E-state index in [4.69, 9.17) is 11.6 Å². The fourth-order valence-corrected chi connectivity index (χ4v) is 5.45. The lowest BCUT2D eigenvalue weighted by Gasteiger charge is -2.35. The Bertz CT molecular complexity index is 1530. The van der Waals surface area contributed by atoms with E-state index >= 15 is 4.39 Å². The quantitative estimate of drug-likeness (QED) is 0.302. The van der Waals surface area contributed by atoms with Crippen LogP contribution in [0.5, 0.6) is 0 Å². The molecule has 15 heteroatoms. The number of alkyl halides is 2. The van der Waals surface area contributed by atoms with E-state index in [1.54, 1.807) is 6.07 Å². The van der Waals surface area contributed by atoms with Crippen LogP contribution in [0.2, 0.25) is 5.02 Å². The molecule has 2 amide bonds. The molecule has 1 aliphatic rings. The van der Waals surface area contributed by atoms with E-state index in [0.29, 0.717) is 4.47 Å². The molecular formula is C26H25BrClF3N6O4. The lowest BCUT2D eigenvalue weighted by molar-refractivity contribution is -0.135. The van der Waals surface area contributed by atoms with Gasteiger partial charge >= 0.3 is 6.09 Å². The highest BCUT2D eigenvalue weighted by molar-refractivity contribution is 9.10. The van der Waals surface area contributed by atoms with Crippen LogP contribution in [0.4, 0.5) is 18.0 Å². The summed E-state index contributed by atoms with van der Waals surface area (Å²) in [5.74, 6) is -2.65. The largest absolute Gasteiger partial charge is 0.463 e. The molecule has 41 heavy (non-hydrogen) atoms. The zero-order valence-corrected chi connectivity index (χ0v) is 24.3. The van der Waals surface area contributed by atoms with Crippen molar-refractivity contribution in [3.8, 4) is 5.69 Å². The van der Waals surface area contributed by atoms with Crippen molar-refractivity contribution in [2.75, 3.05) is 6.61 Å². The Morgan fingerprint density at radius 3 is 2.54 bits per heavy atom. The van der Waals surface area contributed by atoms with E-state index < -0.39 is 59.6 Å². The number of hydrogen-bond acceptors (Lipinski definition) is 5. The first kappa shape index (κ1) is 30.5. The van der Waals surface area contributed by atoms with E-state index in [-0.39, 0.29) is 28.3 Å². The van der Waals surface area contributed by atoms with Crippen LogP contribution in [-0.4, -0.2) is 54.4 Å². The predicted molar refractivity (Wildman–Crippen MR) is 146 cm³/mol. The van der Waals surface area contributed by atoms with Crippen molar-refractivity contribution in [2.24, 2.45) is 10.4 Å². The molecule has 0 saturated carbocycles. The predicted octanol–water partition coefficient (Wildman–Crippen LogP) is 5.59. The topological polar surface area (TPSA) is 133 Å². The number of amides is 2. The number of aliphatic hydroxyl groups is 1. The third kappa shape index (κ3) is 5.95. The summed E-state index contributed by atoms with van der Waals surface area (Å²) in [6.07, 6.45) is -3.70. The summed E-state index contributed by atoms with van der Waals surface area (Å²) in [6, 6.07) is 6.94. The second-order valence-electron chi connectivity index (χ2n) is 10.5. The molecule has 1 saturated heterocycles. The van der Waals surface area contributed by atoms with E-state index in [1.165, 1.54) is 30.3 Å². The highest BCUT2D eigenvalue weighted by Crippen LogP contribution is 2.43. The number of rotatable bonds is 7. The van der Waals surface area contributed by atoms with Gasteiger partial charge in [-0.3, -0.25) is 9.69 Å². The standard InChI is InChI=1S/C26H25BrClF3N6O4/c1-25(2,3)11-26(15-6-5-14(27)9-17(15)29)22(39)36(23(35-26)34-24(40)41)19(10-38)13-4-7-16(28)18(8-13)37-21(20(30)31)32-12-33-37/h4-9,12,19-20,38H,10-11H2,1-3H3,(H,34,35)(H,40,41)/t19-,26-/m1/s1. The highest BCUT2D eigenvalue weighted by atomic mass is 79.9. The third-order valence-electron chi connectivity index (χ3n) is 6.36. The van der Waals surface area contributed by atoms with E-state index in [0.717, 1.165) is 15.9 Å². The Hall–Kier alpha value is -3.49. The fourth-order valence-electron chi connectivity index (χ4n) is 4.92. The van der Waals surface area contributed by atoms with Crippen molar-refractivity contribution < 1.29 is 33.0 Å². The van der Waals surface area contributed by atoms with Gasteiger partial charge in [0.05, 0.1) is 23.4 Å². The maximum Gasteiger partial charge on any atom is 0.434 e. The molecule has 2 atom stereocenters. The second-order valence-corrected chi connectivity index (χ2v) is 11.8. The van der Waals surface area contributed by atoms with Gasteiger partial charge in [0.2, 0.25) is 5.96 Å². The molecule has 10 nitrogen and oxygen atoms in total. The van der Waals surface area contributed by atoms with Crippen molar-refractivity contribution in [1.29, 1.82) is 0 Å². The number of nitrogens with one attached hydrogen (secondary N) is 1. The molecular weight excluding hydrogens is 633 g/mol. The van der Waals surface area contributed by atoms with Gasteiger partial charge in [-0.1, -0.05) is 60.4 Å². The van der Waals surface area contributed by atoms with E-state index in [9.17, 15) is 28.6 Å². The zero-order valence-electron chi connectivity index (χ0n) is 21.9. The average molecular weight is 658 g/mol. The molecule has 0 bridgehead atoms. The molecule has 3 aromatic rings. The Kier molecular flexibility index (Phi) is 8.48. The average Bonchev–Trinajstić information content (AvgIpc) is 3.44. The minimum atomic E-state index is -2.98. The van der Waals surface area contributed by atoms with Crippen LogP contribution >= 0.6 is 27.5 Å². The van der Waals surface area contributed by atoms with E-state index in [1.807, 2.05) is 20.8 Å². The Morgan fingerprint density at radius 2 is 1.95 bits per heavy atom. The Morgan fingerprint density at radius 1 is 1.24 bits per heavy atom. The summed E-state index contributed by atoms with van der Waals surface area (Å²) in [5, 5.41) is 26.7. The van der Waals surface area contributed by atoms with Crippen LogP contribution in [0.25, 0.3) is 5.69 Å².